The van der Waals surface area contributed by atoms with E-state index in [1.54, 1.807) is 11.0 Å². The fraction of sp³-hybridized carbons (Fsp3) is 0.639. The number of carbonyl (C=O) groups is 3. The van der Waals surface area contributed by atoms with Crippen LogP contribution < -0.4 is 14.9 Å². The van der Waals surface area contributed by atoms with Crippen molar-refractivity contribution in [3.05, 3.63) is 41.0 Å². The smallest absolute Gasteiger partial charge is 0.410 e. The van der Waals surface area contributed by atoms with E-state index in [1.807, 2.05) is 39.3 Å². The summed E-state index contributed by atoms with van der Waals surface area (Å²) in [5.41, 5.74) is -1.03. The van der Waals surface area contributed by atoms with Gasteiger partial charge in [0, 0.05) is 38.2 Å². The van der Waals surface area contributed by atoms with Crippen LogP contribution in [-0.2, 0) is 24.3 Å². The number of hydrogen-bond acceptors (Lipinski definition) is 10. The molecule has 4 heterocycles. The Morgan fingerprint density at radius 1 is 1.04 bits per heavy atom. The molecule has 2 N–H and O–H groups in total. The van der Waals surface area contributed by atoms with Crippen LogP contribution in [0.1, 0.15) is 103 Å². The van der Waals surface area contributed by atoms with Crippen molar-refractivity contribution in [1.82, 2.24) is 19.6 Å². The zero-order chi connectivity index (χ0) is 37.0. The van der Waals surface area contributed by atoms with Crippen LogP contribution in [0.3, 0.4) is 0 Å². The van der Waals surface area contributed by atoms with Gasteiger partial charge in [0.2, 0.25) is 0 Å². The fourth-order valence-corrected chi connectivity index (χ4v) is 8.34. The van der Waals surface area contributed by atoms with Crippen molar-refractivity contribution in [3.8, 4) is 0 Å². The first kappa shape index (κ1) is 38.7. The number of sulfonamides is 1. The van der Waals surface area contributed by atoms with Gasteiger partial charge in [-0.25, -0.2) is 19.5 Å². The third kappa shape index (κ3) is 10.1. The van der Waals surface area contributed by atoms with E-state index < -0.39 is 27.6 Å². The summed E-state index contributed by atoms with van der Waals surface area (Å²) in [6, 6.07) is 7.29. The van der Waals surface area contributed by atoms with Gasteiger partial charge in [-0.1, -0.05) is 43.4 Å². The summed E-state index contributed by atoms with van der Waals surface area (Å²) < 4.78 is 39.8. The maximum Gasteiger partial charge on any atom is 0.410 e. The van der Waals surface area contributed by atoms with Gasteiger partial charge >= 0.3 is 6.09 Å². The van der Waals surface area contributed by atoms with Crippen molar-refractivity contribution in [2.45, 2.75) is 115 Å². The van der Waals surface area contributed by atoms with Gasteiger partial charge in [0.25, 0.3) is 21.8 Å². The summed E-state index contributed by atoms with van der Waals surface area (Å²) in [6.45, 7) is 11.7. The average Bonchev–Trinajstić information content (AvgIpc) is 3.77. The number of ether oxygens (including phenoxy) is 2. The Morgan fingerprint density at radius 2 is 1.78 bits per heavy atom. The molecule has 0 spiro atoms. The van der Waals surface area contributed by atoms with E-state index in [0.29, 0.717) is 50.3 Å². The van der Waals surface area contributed by atoms with E-state index >= 15 is 0 Å². The van der Waals surface area contributed by atoms with Crippen LogP contribution in [0.2, 0.25) is 5.15 Å². The molecule has 2 saturated heterocycles. The highest BCUT2D eigenvalue weighted by molar-refractivity contribution is 7.90. The number of amides is 3. The lowest BCUT2D eigenvalue weighted by Crippen LogP contribution is -2.45. The van der Waals surface area contributed by atoms with Gasteiger partial charge in [0.1, 0.15) is 28.5 Å². The predicted octanol–water partition coefficient (Wildman–Crippen LogP) is 6.18. The van der Waals surface area contributed by atoms with Crippen LogP contribution in [0.15, 0.2) is 35.4 Å². The summed E-state index contributed by atoms with van der Waals surface area (Å²) in [4.78, 5) is 50.5. The summed E-state index contributed by atoms with van der Waals surface area (Å²) in [5.74, 6) is 0.398. The van der Waals surface area contributed by atoms with E-state index in [4.69, 9.17) is 21.1 Å². The fourth-order valence-electron chi connectivity index (χ4n) is 7.17. The Hall–Kier alpha value is -3.49. The quantitative estimate of drug-likeness (QED) is 0.179. The van der Waals surface area contributed by atoms with Crippen molar-refractivity contribution in [2.24, 2.45) is 11.8 Å². The molecule has 3 amide bonds. The molecule has 3 fully saturated rings. The molecule has 2 atom stereocenters. The largest absolute Gasteiger partial charge is 0.444 e. The Balaban J connectivity index is 1.10. The number of anilines is 2. The summed E-state index contributed by atoms with van der Waals surface area (Å²) in [6.07, 6.45) is 8.07. The number of carbonyl (C=O) groups excluding carboxylic acids is 3. The van der Waals surface area contributed by atoms with E-state index in [-0.39, 0.29) is 39.1 Å². The third-order valence-electron chi connectivity index (χ3n) is 9.73. The molecule has 0 bridgehead atoms. The van der Waals surface area contributed by atoms with Crippen molar-refractivity contribution < 1.29 is 32.3 Å². The highest BCUT2D eigenvalue weighted by atomic mass is 35.5. The zero-order valence-corrected chi connectivity index (χ0v) is 31.8. The standard InChI is InChI=1S/C36H51ClN6O7S/c1-35(2,3)50-34(46)43-23-25(22-36(43,4)5)12-9-19-38-28-13-8-14-30(39-28)51(47,48)41-32(44)26-15-16-29(40-31(26)37)42-20-17-27(33(42)45)49-21-18-24-10-6-7-11-24/h8,13-16,24-25,27H,6-7,9-12,17-23H2,1-5H3,(H,38,39)(H,41,44)/t25-,27?/m0/s1. The Kier molecular flexibility index (Phi) is 12.2. The number of halogens is 1. The summed E-state index contributed by atoms with van der Waals surface area (Å²) >= 11 is 6.34. The molecule has 3 aliphatic rings. The number of likely N-dealkylation sites (tertiary alicyclic amines) is 1. The van der Waals surface area contributed by atoms with Gasteiger partial charge in [-0.3, -0.25) is 14.5 Å². The van der Waals surface area contributed by atoms with E-state index in [0.717, 1.165) is 25.7 Å². The van der Waals surface area contributed by atoms with Crippen molar-refractivity contribution in [1.29, 1.82) is 0 Å². The molecular weight excluding hydrogens is 696 g/mol. The topological polar surface area (TPSA) is 160 Å². The maximum atomic E-state index is 13.1. The highest BCUT2D eigenvalue weighted by Crippen LogP contribution is 2.36. The molecule has 2 aliphatic heterocycles. The molecule has 2 aromatic rings. The number of rotatable bonds is 13. The van der Waals surface area contributed by atoms with Crippen LogP contribution in [0, 0.1) is 11.8 Å². The van der Waals surface area contributed by atoms with E-state index in [2.05, 4.69) is 15.3 Å². The minimum atomic E-state index is -4.36. The van der Waals surface area contributed by atoms with Crippen LogP contribution in [-0.4, -0.2) is 84.7 Å². The number of aromatic nitrogens is 2. The molecule has 280 valence electrons. The minimum Gasteiger partial charge on any atom is -0.444 e. The van der Waals surface area contributed by atoms with Crippen molar-refractivity contribution in [2.75, 3.05) is 36.5 Å². The molecule has 0 radical (unpaired) electrons. The normalized spacial score (nSPS) is 20.9. The Morgan fingerprint density at radius 3 is 2.49 bits per heavy atom. The second kappa shape index (κ2) is 16.0. The molecule has 1 saturated carbocycles. The van der Waals surface area contributed by atoms with Crippen LogP contribution in [0.25, 0.3) is 0 Å². The predicted molar refractivity (Wildman–Crippen MR) is 194 cm³/mol. The third-order valence-corrected chi connectivity index (χ3v) is 11.2. The lowest BCUT2D eigenvalue weighted by molar-refractivity contribution is -0.127. The summed E-state index contributed by atoms with van der Waals surface area (Å²) in [5, 5.41) is 2.59. The first-order valence-electron chi connectivity index (χ1n) is 17.9. The second-order valence-corrected chi connectivity index (χ2v) is 17.4. The van der Waals surface area contributed by atoms with Gasteiger partial charge < -0.3 is 19.7 Å². The highest BCUT2D eigenvalue weighted by Gasteiger charge is 2.42. The van der Waals surface area contributed by atoms with Gasteiger partial charge in [0.15, 0.2) is 5.03 Å². The molecule has 1 aliphatic carbocycles. The minimum absolute atomic E-state index is 0.158. The van der Waals surface area contributed by atoms with Gasteiger partial charge in [-0.05, 0) is 96.4 Å². The van der Waals surface area contributed by atoms with Crippen LogP contribution >= 0.6 is 11.6 Å². The lowest BCUT2D eigenvalue weighted by atomic mass is 9.93. The Labute approximate surface area is 306 Å². The van der Waals surface area contributed by atoms with Gasteiger partial charge in [-0.2, -0.15) is 8.42 Å². The van der Waals surface area contributed by atoms with E-state index in [1.165, 1.54) is 54.8 Å². The second-order valence-electron chi connectivity index (χ2n) is 15.4. The molecule has 15 heteroatoms. The number of pyridine rings is 2. The van der Waals surface area contributed by atoms with Gasteiger partial charge in [-0.15, -0.1) is 0 Å². The molecule has 2 aromatic heterocycles. The van der Waals surface area contributed by atoms with Crippen molar-refractivity contribution in [3.63, 3.8) is 0 Å². The maximum absolute atomic E-state index is 13.1. The van der Waals surface area contributed by atoms with Crippen LogP contribution in [0.5, 0.6) is 0 Å². The number of nitrogens with zero attached hydrogens (tertiary/aromatic N) is 4. The zero-order valence-electron chi connectivity index (χ0n) is 30.2. The molecule has 0 aromatic carbocycles. The average molecular weight is 747 g/mol. The first-order chi connectivity index (χ1) is 24.0. The summed E-state index contributed by atoms with van der Waals surface area (Å²) in [7, 11) is -4.36. The number of nitrogens with one attached hydrogen (secondary N) is 2. The van der Waals surface area contributed by atoms with Crippen LogP contribution in [0.4, 0.5) is 16.4 Å². The first-order valence-corrected chi connectivity index (χ1v) is 19.8. The molecule has 5 rings (SSSR count). The molecule has 51 heavy (non-hydrogen) atoms. The molecular formula is C36H51ClN6O7S. The van der Waals surface area contributed by atoms with E-state index in [9.17, 15) is 22.8 Å². The van der Waals surface area contributed by atoms with Crippen molar-refractivity contribution >= 4 is 51.2 Å². The molecule has 1 unspecified atom stereocenters. The monoisotopic (exact) mass is 746 g/mol. The number of hydrogen-bond donors (Lipinski definition) is 2. The molecule has 13 nitrogen and oxygen atoms in total. The Bertz CT molecular complexity index is 1690. The van der Waals surface area contributed by atoms with Gasteiger partial charge in [0.05, 0.1) is 5.56 Å². The SMILES string of the molecule is CC(C)(C)OC(=O)N1C[C@@H](CCCNc2cccc(S(=O)(=O)NC(=O)c3ccc(N4CCC(OCCC5CCCC5)C4=O)nc3Cl)n2)CC1(C)C. The lowest BCUT2D eigenvalue weighted by Gasteiger charge is -2.33.